The third kappa shape index (κ3) is 4.60. The molecule has 4 heteroatoms. The minimum Gasteiger partial charge on any atom is -0.496 e. The molecule has 1 fully saturated rings. The number of carbonyl (C=O) groups excluding carboxylic acids is 1. The van der Waals surface area contributed by atoms with Gasteiger partial charge in [0.2, 0.25) is 5.91 Å². The molecule has 1 saturated heterocycles. The van der Waals surface area contributed by atoms with E-state index in [2.05, 4.69) is 35.3 Å². The number of piperidine rings is 1. The molecule has 0 aliphatic carbocycles. The maximum absolute atomic E-state index is 12.4. The van der Waals surface area contributed by atoms with E-state index in [0.717, 1.165) is 49.5 Å². The highest BCUT2D eigenvalue weighted by molar-refractivity contribution is 5.92. The summed E-state index contributed by atoms with van der Waals surface area (Å²) in [4.78, 5) is 14.8. The highest BCUT2D eigenvalue weighted by atomic mass is 16.5. The normalized spacial score (nSPS) is 15.8. The minimum atomic E-state index is 0.101. The van der Waals surface area contributed by atoms with E-state index in [-0.39, 0.29) is 11.8 Å². The fourth-order valence-corrected chi connectivity index (χ4v) is 3.34. The van der Waals surface area contributed by atoms with E-state index < -0.39 is 0 Å². The van der Waals surface area contributed by atoms with Gasteiger partial charge in [-0.3, -0.25) is 9.69 Å². The molecule has 0 bridgehead atoms. The quantitative estimate of drug-likeness (QED) is 0.900. The van der Waals surface area contributed by atoms with Gasteiger partial charge in [0.25, 0.3) is 0 Å². The van der Waals surface area contributed by atoms with Gasteiger partial charge in [0.15, 0.2) is 0 Å². The molecule has 0 saturated carbocycles. The topological polar surface area (TPSA) is 41.6 Å². The first-order chi connectivity index (χ1) is 12.2. The number of carbonyl (C=O) groups is 1. The van der Waals surface area contributed by atoms with E-state index in [1.165, 1.54) is 5.56 Å². The summed E-state index contributed by atoms with van der Waals surface area (Å²) in [5.74, 6) is 1.18. The van der Waals surface area contributed by atoms with Gasteiger partial charge in [-0.15, -0.1) is 0 Å². The van der Waals surface area contributed by atoms with Crippen LogP contribution < -0.4 is 10.1 Å². The lowest BCUT2D eigenvalue weighted by molar-refractivity contribution is -0.121. The maximum atomic E-state index is 12.4. The predicted molar refractivity (Wildman–Crippen MR) is 101 cm³/mol. The summed E-state index contributed by atoms with van der Waals surface area (Å²) < 4.78 is 5.41. The number of rotatable bonds is 5. The Hall–Kier alpha value is -2.33. The molecule has 1 aliphatic heterocycles. The fourth-order valence-electron chi connectivity index (χ4n) is 3.34. The van der Waals surface area contributed by atoms with Crippen molar-refractivity contribution in [3.63, 3.8) is 0 Å². The standard InChI is InChI=1S/C21H26N2O2/c1-16-8-9-17(14-20(16)25-2)15-23-12-10-18(11-13-23)21(24)22-19-6-4-3-5-7-19/h3-9,14,18H,10-13,15H2,1-2H3,(H,22,24). The largest absolute Gasteiger partial charge is 0.496 e. The Kier molecular flexibility index (Phi) is 5.71. The van der Waals surface area contributed by atoms with Crippen molar-refractivity contribution < 1.29 is 9.53 Å². The van der Waals surface area contributed by atoms with Crippen molar-refractivity contribution in [2.24, 2.45) is 5.92 Å². The van der Waals surface area contributed by atoms with Gasteiger partial charge in [-0.1, -0.05) is 30.3 Å². The second-order valence-electron chi connectivity index (χ2n) is 6.71. The first kappa shape index (κ1) is 17.5. The maximum Gasteiger partial charge on any atom is 0.227 e. The average molecular weight is 338 g/mol. The van der Waals surface area contributed by atoms with Gasteiger partial charge in [-0.2, -0.15) is 0 Å². The average Bonchev–Trinajstić information content (AvgIpc) is 2.64. The van der Waals surface area contributed by atoms with Crippen molar-refractivity contribution in [3.05, 3.63) is 59.7 Å². The number of ether oxygens (including phenoxy) is 1. The molecule has 132 valence electrons. The molecule has 0 atom stereocenters. The number of likely N-dealkylation sites (tertiary alicyclic amines) is 1. The lowest BCUT2D eigenvalue weighted by atomic mass is 9.95. The van der Waals surface area contributed by atoms with Crippen molar-refractivity contribution in [2.75, 3.05) is 25.5 Å². The Morgan fingerprint density at radius 2 is 1.88 bits per heavy atom. The Morgan fingerprint density at radius 3 is 2.56 bits per heavy atom. The van der Waals surface area contributed by atoms with Crippen LogP contribution in [0.4, 0.5) is 5.69 Å². The van der Waals surface area contributed by atoms with Gasteiger partial charge in [-0.25, -0.2) is 0 Å². The monoisotopic (exact) mass is 338 g/mol. The Balaban J connectivity index is 1.51. The van der Waals surface area contributed by atoms with Crippen molar-refractivity contribution in [1.29, 1.82) is 0 Å². The number of nitrogens with zero attached hydrogens (tertiary/aromatic N) is 1. The van der Waals surface area contributed by atoms with Crippen LogP contribution in [-0.2, 0) is 11.3 Å². The Bertz CT molecular complexity index is 707. The molecule has 1 amide bonds. The number of aryl methyl sites for hydroxylation is 1. The molecule has 0 spiro atoms. The van der Waals surface area contributed by atoms with Gasteiger partial charge in [0.1, 0.15) is 5.75 Å². The molecule has 0 unspecified atom stereocenters. The van der Waals surface area contributed by atoms with Crippen LogP contribution in [0.3, 0.4) is 0 Å². The van der Waals surface area contributed by atoms with Crippen molar-refractivity contribution in [3.8, 4) is 5.75 Å². The van der Waals surface area contributed by atoms with Crippen LogP contribution in [0.1, 0.15) is 24.0 Å². The van der Waals surface area contributed by atoms with Gasteiger partial charge in [-0.05, 0) is 62.2 Å². The number of benzene rings is 2. The van der Waals surface area contributed by atoms with Crippen LogP contribution in [0.25, 0.3) is 0 Å². The summed E-state index contributed by atoms with van der Waals surface area (Å²) in [6, 6.07) is 16.1. The van der Waals surface area contributed by atoms with Crippen molar-refractivity contribution in [1.82, 2.24) is 4.90 Å². The lowest BCUT2D eigenvalue weighted by Gasteiger charge is -2.31. The van der Waals surface area contributed by atoms with Crippen LogP contribution >= 0.6 is 0 Å². The van der Waals surface area contributed by atoms with Crippen molar-refractivity contribution in [2.45, 2.75) is 26.3 Å². The van der Waals surface area contributed by atoms with Crippen LogP contribution in [0.2, 0.25) is 0 Å². The molecule has 2 aromatic rings. The smallest absolute Gasteiger partial charge is 0.227 e. The predicted octanol–water partition coefficient (Wildman–Crippen LogP) is 3.85. The third-order valence-corrected chi connectivity index (χ3v) is 4.88. The van der Waals surface area contributed by atoms with Gasteiger partial charge in [0, 0.05) is 18.2 Å². The summed E-state index contributed by atoms with van der Waals surface area (Å²) in [6.07, 6.45) is 1.81. The summed E-state index contributed by atoms with van der Waals surface area (Å²) in [6.45, 7) is 4.86. The molecule has 4 nitrogen and oxygen atoms in total. The summed E-state index contributed by atoms with van der Waals surface area (Å²) >= 11 is 0. The zero-order chi connectivity index (χ0) is 17.6. The highest BCUT2D eigenvalue weighted by Gasteiger charge is 2.25. The SMILES string of the molecule is COc1cc(CN2CCC(C(=O)Nc3ccccc3)CC2)ccc1C. The van der Waals surface area contributed by atoms with E-state index in [9.17, 15) is 4.79 Å². The van der Waals surface area contributed by atoms with Gasteiger partial charge in [0.05, 0.1) is 7.11 Å². The Morgan fingerprint density at radius 1 is 1.16 bits per heavy atom. The molecule has 2 aromatic carbocycles. The zero-order valence-electron chi connectivity index (χ0n) is 15.0. The molecule has 0 radical (unpaired) electrons. The second-order valence-corrected chi connectivity index (χ2v) is 6.71. The number of amides is 1. The van der Waals surface area contributed by atoms with E-state index in [1.807, 2.05) is 30.3 Å². The Labute approximate surface area is 149 Å². The number of para-hydroxylation sites is 1. The molecular weight excluding hydrogens is 312 g/mol. The summed E-state index contributed by atoms with van der Waals surface area (Å²) in [7, 11) is 1.71. The molecule has 3 rings (SSSR count). The number of hydrogen-bond donors (Lipinski definition) is 1. The lowest BCUT2D eigenvalue weighted by Crippen LogP contribution is -2.37. The number of methoxy groups -OCH3 is 1. The summed E-state index contributed by atoms with van der Waals surface area (Å²) in [5.41, 5.74) is 3.29. The van der Waals surface area contributed by atoms with Crippen molar-refractivity contribution >= 4 is 11.6 Å². The molecule has 0 aromatic heterocycles. The van der Waals surface area contributed by atoms with Crippen LogP contribution in [0.5, 0.6) is 5.75 Å². The molecule has 1 aliphatic rings. The number of nitrogens with one attached hydrogen (secondary N) is 1. The van der Waals surface area contributed by atoms with Crippen LogP contribution in [-0.4, -0.2) is 31.0 Å². The van der Waals surface area contributed by atoms with E-state index >= 15 is 0 Å². The first-order valence-corrected chi connectivity index (χ1v) is 8.87. The molecule has 25 heavy (non-hydrogen) atoms. The first-order valence-electron chi connectivity index (χ1n) is 8.87. The van der Waals surface area contributed by atoms with E-state index in [0.29, 0.717) is 0 Å². The highest BCUT2D eigenvalue weighted by Crippen LogP contribution is 2.23. The van der Waals surface area contributed by atoms with Crippen LogP contribution in [0.15, 0.2) is 48.5 Å². The van der Waals surface area contributed by atoms with Gasteiger partial charge >= 0.3 is 0 Å². The van der Waals surface area contributed by atoms with Gasteiger partial charge < -0.3 is 10.1 Å². The second kappa shape index (κ2) is 8.17. The minimum absolute atomic E-state index is 0.101. The molecule has 1 heterocycles. The van der Waals surface area contributed by atoms with E-state index in [4.69, 9.17) is 4.74 Å². The summed E-state index contributed by atoms with van der Waals surface area (Å²) in [5, 5.41) is 3.02. The fraction of sp³-hybridized carbons (Fsp3) is 0.381. The number of hydrogen-bond acceptors (Lipinski definition) is 3. The number of anilines is 1. The third-order valence-electron chi connectivity index (χ3n) is 4.88. The van der Waals surface area contributed by atoms with E-state index in [1.54, 1.807) is 7.11 Å². The van der Waals surface area contributed by atoms with Crippen LogP contribution in [0, 0.1) is 12.8 Å². The zero-order valence-corrected chi connectivity index (χ0v) is 15.0. The molecule has 1 N–H and O–H groups in total. The molecular formula is C21H26N2O2.